The second kappa shape index (κ2) is 10.9. The zero-order chi connectivity index (χ0) is 22.4. The Labute approximate surface area is 186 Å². The van der Waals surface area contributed by atoms with Gasteiger partial charge in [0.2, 0.25) is 5.91 Å². The number of hydrogen-bond acceptors (Lipinski definition) is 3. The number of halogens is 1. The van der Waals surface area contributed by atoms with Crippen molar-refractivity contribution in [1.82, 2.24) is 9.80 Å². The van der Waals surface area contributed by atoms with Gasteiger partial charge in [-0.3, -0.25) is 9.69 Å². The van der Waals surface area contributed by atoms with Gasteiger partial charge >= 0.3 is 0 Å². The minimum absolute atomic E-state index is 0.0498. The summed E-state index contributed by atoms with van der Waals surface area (Å²) in [5.74, 6) is 0.441. The zero-order valence-corrected chi connectivity index (χ0v) is 19.2. The molecule has 0 saturated carbocycles. The van der Waals surface area contributed by atoms with Gasteiger partial charge in [0.25, 0.3) is 0 Å². The standard InChI is InChI=1S/C26H35FN2O2/c1-19(2)26(30)29(13-14-31-4)17-23-16-28(15-21-7-5-20(3)6-8-21)18-25(23)22-9-11-24(27)12-10-22/h5-12,19,23,25H,13-18H2,1-4H3/t23-,25+/m0/s1. The topological polar surface area (TPSA) is 32.8 Å². The quantitative estimate of drug-likeness (QED) is 0.593. The van der Waals surface area contributed by atoms with Crippen molar-refractivity contribution < 1.29 is 13.9 Å². The molecule has 0 unspecified atom stereocenters. The van der Waals surface area contributed by atoms with Gasteiger partial charge in [-0.25, -0.2) is 4.39 Å². The summed E-state index contributed by atoms with van der Waals surface area (Å²) in [5, 5.41) is 0. The van der Waals surface area contributed by atoms with Crippen molar-refractivity contribution in [3.05, 3.63) is 71.0 Å². The maximum Gasteiger partial charge on any atom is 0.225 e. The Balaban J connectivity index is 1.79. The number of amides is 1. The van der Waals surface area contributed by atoms with Crippen LogP contribution in [0.15, 0.2) is 48.5 Å². The molecule has 5 heteroatoms. The first-order valence-corrected chi connectivity index (χ1v) is 11.2. The lowest BCUT2D eigenvalue weighted by molar-refractivity contribution is -0.135. The van der Waals surface area contributed by atoms with Gasteiger partial charge in [-0.05, 0) is 36.1 Å². The number of rotatable bonds is 9. The summed E-state index contributed by atoms with van der Waals surface area (Å²) in [6.07, 6.45) is 0. The first-order chi connectivity index (χ1) is 14.9. The van der Waals surface area contributed by atoms with Crippen molar-refractivity contribution in [3.63, 3.8) is 0 Å². The van der Waals surface area contributed by atoms with Gasteiger partial charge in [-0.2, -0.15) is 0 Å². The van der Waals surface area contributed by atoms with E-state index in [0.29, 0.717) is 19.7 Å². The number of methoxy groups -OCH3 is 1. The van der Waals surface area contributed by atoms with Gasteiger partial charge in [0.15, 0.2) is 0 Å². The lowest BCUT2D eigenvalue weighted by Gasteiger charge is -2.29. The van der Waals surface area contributed by atoms with E-state index in [0.717, 1.165) is 25.2 Å². The van der Waals surface area contributed by atoms with Gasteiger partial charge in [-0.15, -0.1) is 0 Å². The maximum atomic E-state index is 13.5. The van der Waals surface area contributed by atoms with Crippen molar-refractivity contribution in [2.45, 2.75) is 33.2 Å². The largest absolute Gasteiger partial charge is 0.383 e. The molecule has 0 aliphatic carbocycles. The van der Waals surface area contributed by atoms with E-state index >= 15 is 0 Å². The van der Waals surface area contributed by atoms with E-state index in [-0.39, 0.29) is 29.5 Å². The van der Waals surface area contributed by atoms with Crippen molar-refractivity contribution in [2.24, 2.45) is 11.8 Å². The fourth-order valence-electron chi connectivity index (χ4n) is 4.46. The van der Waals surface area contributed by atoms with Crippen molar-refractivity contribution in [2.75, 3.05) is 39.9 Å². The summed E-state index contributed by atoms with van der Waals surface area (Å²) >= 11 is 0. The Bertz CT molecular complexity index is 835. The molecule has 4 nitrogen and oxygen atoms in total. The number of carbonyl (C=O) groups is 1. The highest BCUT2D eigenvalue weighted by Gasteiger charge is 2.36. The van der Waals surface area contributed by atoms with Crippen LogP contribution in [-0.2, 0) is 16.1 Å². The molecular weight excluding hydrogens is 391 g/mol. The van der Waals surface area contributed by atoms with E-state index in [1.807, 2.05) is 30.9 Å². The molecule has 1 amide bonds. The lowest BCUT2D eigenvalue weighted by Crippen LogP contribution is -2.41. The average molecular weight is 427 g/mol. The number of aryl methyl sites for hydroxylation is 1. The van der Waals surface area contributed by atoms with Crippen LogP contribution in [0, 0.1) is 24.6 Å². The van der Waals surface area contributed by atoms with Crippen molar-refractivity contribution in [1.29, 1.82) is 0 Å². The van der Waals surface area contributed by atoms with Crippen LogP contribution in [0.25, 0.3) is 0 Å². The molecule has 1 fully saturated rings. The first-order valence-electron chi connectivity index (χ1n) is 11.2. The third kappa shape index (κ3) is 6.37. The van der Waals surface area contributed by atoms with E-state index in [2.05, 4.69) is 36.1 Å². The van der Waals surface area contributed by atoms with E-state index < -0.39 is 0 Å². The second-order valence-corrected chi connectivity index (χ2v) is 9.03. The third-order valence-electron chi connectivity index (χ3n) is 6.17. The third-order valence-corrected chi connectivity index (χ3v) is 6.17. The Morgan fingerprint density at radius 3 is 2.42 bits per heavy atom. The number of carbonyl (C=O) groups excluding carboxylic acids is 1. The molecular formula is C26H35FN2O2. The van der Waals surface area contributed by atoms with Gasteiger partial charge in [0, 0.05) is 51.7 Å². The normalized spacial score (nSPS) is 19.2. The Hall–Kier alpha value is -2.24. The molecule has 2 aromatic rings. The second-order valence-electron chi connectivity index (χ2n) is 9.03. The minimum atomic E-state index is -0.216. The first kappa shape index (κ1) is 23.4. The van der Waals surface area contributed by atoms with Crippen LogP contribution in [0.2, 0.25) is 0 Å². The molecule has 3 rings (SSSR count). The van der Waals surface area contributed by atoms with E-state index in [9.17, 15) is 9.18 Å². The molecule has 0 aromatic heterocycles. The summed E-state index contributed by atoms with van der Waals surface area (Å²) in [7, 11) is 1.66. The highest BCUT2D eigenvalue weighted by Crippen LogP contribution is 2.34. The number of hydrogen-bond donors (Lipinski definition) is 0. The van der Waals surface area contributed by atoms with Crippen molar-refractivity contribution in [3.8, 4) is 0 Å². The van der Waals surface area contributed by atoms with Crippen LogP contribution in [0.5, 0.6) is 0 Å². The number of benzene rings is 2. The van der Waals surface area contributed by atoms with E-state index in [1.165, 1.54) is 23.3 Å². The molecule has 1 saturated heterocycles. The Morgan fingerprint density at radius 1 is 1.13 bits per heavy atom. The SMILES string of the molecule is COCCN(C[C@@H]1CN(Cc2ccc(C)cc2)C[C@@H]1c1ccc(F)cc1)C(=O)C(C)C. The average Bonchev–Trinajstić information content (AvgIpc) is 3.14. The van der Waals surface area contributed by atoms with Crippen LogP contribution >= 0.6 is 0 Å². The fraction of sp³-hybridized carbons (Fsp3) is 0.500. The number of ether oxygens (including phenoxy) is 1. The molecule has 2 aromatic carbocycles. The van der Waals surface area contributed by atoms with E-state index in [4.69, 9.17) is 4.74 Å². The molecule has 0 radical (unpaired) electrons. The van der Waals surface area contributed by atoms with Gasteiger partial charge in [-0.1, -0.05) is 55.8 Å². The number of nitrogens with zero attached hydrogens (tertiary/aromatic N) is 2. The van der Waals surface area contributed by atoms with Gasteiger partial charge < -0.3 is 9.64 Å². The Kier molecular flexibility index (Phi) is 8.22. The molecule has 168 valence electrons. The van der Waals surface area contributed by atoms with Crippen LogP contribution in [-0.4, -0.2) is 55.6 Å². The predicted octanol–water partition coefficient (Wildman–Crippen LogP) is 4.48. The van der Waals surface area contributed by atoms with Crippen LogP contribution < -0.4 is 0 Å². The number of likely N-dealkylation sites (tertiary alicyclic amines) is 1. The zero-order valence-electron chi connectivity index (χ0n) is 19.2. The molecule has 0 spiro atoms. The minimum Gasteiger partial charge on any atom is -0.383 e. The summed E-state index contributed by atoms with van der Waals surface area (Å²) < 4.78 is 18.8. The molecule has 0 bridgehead atoms. The van der Waals surface area contributed by atoms with Crippen LogP contribution in [0.3, 0.4) is 0 Å². The summed E-state index contributed by atoms with van der Waals surface area (Å²) in [6.45, 7) is 10.5. The highest BCUT2D eigenvalue weighted by molar-refractivity contribution is 5.78. The smallest absolute Gasteiger partial charge is 0.225 e. The summed E-state index contributed by atoms with van der Waals surface area (Å²) in [6, 6.07) is 15.5. The highest BCUT2D eigenvalue weighted by atomic mass is 19.1. The maximum absolute atomic E-state index is 13.5. The molecule has 2 atom stereocenters. The molecule has 1 aliphatic rings. The van der Waals surface area contributed by atoms with Crippen LogP contribution in [0.1, 0.15) is 36.5 Å². The van der Waals surface area contributed by atoms with E-state index in [1.54, 1.807) is 7.11 Å². The van der Waals surface area contributed by atoms with Gasteiger partial charge in [0.1, 0.15) is 5.82 Å². The summed E-state index contributed by atoms with van der Waals surface area (Å²) in [4.78, 5) is 17.2. The Morgan fingerprint density at radius 2 is 1.81 bits per heavy atom. The van der Waals surface area contributed by atoms with Crippen molar-refractivity contribution >= 4 is 5.91 Å². The lowest BCUT2D eigenvalue weighted by atomic mass is 9.88. The predicted molar refractivity (Wildman–Crippen MR) is 122 cm³/mol. The molecule has 1 aliphatic heterocycles. The molecule has 0 N–H and O–H groups in total. The summed E-state index contributed by atoms with van der Waals surface area (Å²) in [5.41, 5.74) is 3.69. The van der Waals surface area contributed by atoms with Gasteiger partial charge in [0.05, 0.1) is 6.61 Å². The monoisotopic (exact) mass is 426 g/mol. The van der Waals surface area contributed by atoms with Crippen LogP contribution in [0.4, 0.5) is 4.39 Å². The molecule has 1 heterocycles. The molecule has 31 heavy (non-hydrogen) atoms. The fourth-order valence-corrected chi connectivity index (χ4v) is 4.46.